The maximum atomic E-state index is 9.19. The van der Waals surface area contributed by atoms with Crippen LogP contribution in [-0.4, -0.2) is 37.1 Å². The summed E-state index contributed by atoms with van der Waals surface area (Å²) in [6, 6.07) is 11.8. The van der Waals surface area contributed by atoms with Crippen LogP contribution in [0.4, 0.5) is 17.3 Å². The molecule has 0 atom stereocenters. The summed E-state index contributed by atoms with van der Waals surface area (Å²) in [5, 5.41) is 25.6. The van der Waals surface area contributed by atoms with Gasteiger partial charge >= 0.3 is 0 Å². The van der Waals surface area contributed by atoms with E-state index in [1.54, 1.807) is 6.20 Å². The number of nitriles is 1. The van der Waals surface area contributed by atoms with Crippen LogP contribution in [0.2, 0.25) is 0 Å². The Morgan fingerprint density at radius 3 is 2.48 bits per heavy atom. The molecule has 0 aliphatic heterocycles. The maximum Gasteiger partial charge on any atom is 0.230 e. The highest BCUT2D eigenvalue weighted by molar-refractivity contribution is 5.74. The van der Waals surface area contributed by atoms with Gasteiger partial charge in [0, 0.05) is 35.5 Å². The molecule has 0 aliphatic rings. The molecule has 0 saturated heterocycles. The third kappa shape index (κ3) is 4.24. The standard InChI is InChI=1S/C18H19N9/c1-4-27(18-21-12(2)9-13(3)22-18)16-7-5-15(6-8-16)20-11-14(10-19)17-23-25-26-24-17/h5-9,11,20H,4H2,1-3H3,(H,23,24,25,26). The van der Waals surface area contributed by atoms with Gasteiger partial charge in [-0.2, -0.15) is 10.5 Å². The van der Waals surface area contributed by atoms with Gasteiger partial charge in [0.15, 0.2) is 0 Å². The van der Waals surface area contributed by atoms with Crippen molar-refractivity contribution in [2.45, 2.75) is 20.8 Å². The number of rotatable bonds is 6. The zero-order valence-electron chi connectivity index (χ0n) is 15.3. The minimum absolute atomic E-state index is 0.241. The Bertz CT molecular complexity index is 949. The molecule has 1 aromatic carbocycles. The van der Waals surface area contributed by atoms with Crippen molar-refractivity contribution in [3.63, 3.8) is 0 Å². The number of allylic oxidation sites excluding steroid dienone is 1. The van der Waals surface area contributed by atoms with Crippen LogP contribution in [0.5, 0.6) is 0 Å². The van der Waals surface area contributed by atoms with E-state index in [1.807, 2.05) is 55.1 Å². The molecule has 0 aliphatic carbocycles. The van der Waals surface area contributed by atoms with Gasteiger partial charge in [-0.25, -0.2) is 9.97 Å². The van der Waals surface area contributed by atoms with E-state index in [0.29, 0.717) is 5.95 Å². The predicted molar refractivity (Wildman–Crippen MR) is 102 cm³/mol. The van der Waals surface area contributed by atoms with Crippen LogP contribution >= 0.6 is 0 Å². The fourth-order valence-corrected chi connectivity index (χ4v) is 2.58. The van der Waals surface area contributed by atoms with E-state index in [4.69, 9.17) is 0 Å². The van der Waals surface area contributed by atoms with Crippen molar-refractivity contribution < 1.29 is 0 Å². The summed E-state index contributed by atoms with van der Waals surface area (Å²) in [5.41, 5.74) is 3.96. The second-order valence-electron chi connectivity index (χ2n) is 5.79. The third-order valence-corrected chi connectivity index (χ3v) is 3.80. The van der Waals surface area contributed by atoms with Crippen LogP contribution in [0, 0.1) is 25.2 Å². The molecule has 2 aromatic heterocycles. The number of hydrogen-bond acceptors (Lipinski definition) is 8. The van der Waals surface area contributed by atoms with E-state index in [2.05, 4.69) is 42.8 Å². The Morgan fingerprint density at radius 2 is 1.93 bits per heavy atom. The summed E-state index contributed by atoms with van der Waals surface area (Å²) in [6.45, 7) is 6.72. The number of nitrogens with one attached hydrogen (secondary N) is 2. The van der Waals surface area contributed by atoms with E-state index in [1.165, 1.54) is 0 Å². The average molecular weight is 361 g/mol. The zero-order valence-corrected chi connectivity index (χ0v) is 15.3. The number of hydrogen-bond donors (Lipinski definition) is 2. The number of H-pyrrole nitrogens is 1. The minimum Gasteiger partial charge on any atom is -0.360 e. The first-order valence-electron chi connectivity index (χ1n) is 8.41. The fourth-order valence-electron chi connectivity index (χ4n) is 2.58. The summed E-state index contributed by atoms with van der Waals surface area (Å²) in [7, 11) is 0. The Morgan fingerprint density at radius 1 is 1.22 bits per heavy atom. The van der Waals surface area contributed by atoms with Crippen molar-refractivity contribution in [3.8, 4) is 6.07 Å². The van der Waals surface area contributed by atoms with Gasteiger partial charge in [-0.15, -0.1) is 10.2 Å². The summed E-state index contributed by atoms with van der Waals surface area (Å²) >= 11 is 0. The third-order valence-electron chi connectivity index (χ3n) is 3.80. The molecule has 0 unspecified atom stereocenters. The molecule has 136 valence electrons. The molecule has 2 heterocycles. The quantitative estimate of drug-likeness (QED) is 0.643. The molecule has 0 fully saturated rings. The number of tetrazole rings is 1. The van der Waals surface area contributed by atoms with Crippen molar-refractivity contribution >= 4 is 22.9 Å². The molecule has 3 rings (SSSR count). The van der Waals surface area contributed by atoms with Gasteiger partial charge in [0.1, 0.15) is 11.6 Å². The lowest BCUT2D eigenvalue weighted by molar-refractivity contribution is 0.881. The van der Waals surface area contributed by atoms with Crippen LogP contribution < -0.4 is 10.2 Å². The van der Waals surface area contributed by atoms with Crippen molar-refractivity contribution in [2.24, 2.45) is 0 Å². The Kier molecular flexibility index (Phi) is 5.37. The molecule has 2 N–H and O–H groups in total. The lowest BCUT2D eigenvalue weighted by Gasteiger charge is -2.21. The molecule has 9 heteroatoms. The predicted octanol–water partition coefficient (Wildman–Crippen LogP) is 2.74. The summed E-state index contributed by atoms with van der Waals surface area (Å²) in [4.78, 5) is 11.1. The van der Waals surface area contributed by atoms with Gasteiger partial charge in [-0.05, 0) is 56.3 Å². The van der Waals surface area contributed by atoms with Gasteiger partial charge in [0.25, 0.3) is 0 Å². The number of aryl methyl sites for hydroxylation is 2. The van der Waals surface area contributed by atoms with E-state index >= 15 is 0 Å². The van der Waals surface area contributed by atoms with Gasteiger partial charge in [-0.1, -0.05) is 0 Å². The number of anilines is 3. The molecule has 0 radical (unpaired) electrons. The molecular weight excluding hydrogens is 342 g/mol. The molecule has 0 amide bonds. The SMILES string of the molecule is CCN(c1ccc(NC=C(C#N)c2nn[nH]n2)cc1)c1nc(C)cc(C)n1. The van der Waals surface area contributed by atoms with E-state index in [0.717, 1.165) is 29.3 Å². The molecule has 0 spiro atoms. The first-order chi connectivity index (χ1) is 13.1. The van der Waals surface area contributed by atoms with Crippen LogP contribution in [0.3, 0.4) is 0 Å². The smallest absolute Gasteiger partial charge is 0.230 e. The molecule has 3 aromatic rings. The maximum absolute atomic E-state index is 9.19. The van der Waals surface area contributed by atoms with E-state index < -0.39 is 0 Å². The first-order valence-corrected chi connectivity index (χ1v) is 8.41. The Balaban J connectivity index is 1.79. The van der Waals surface area contributed by atoms with Crippen molar-refractivity contribution in [1.29, 1.82) is 5.26 Å². The largest absolute Gasteiger partial charge is 0.360 e. The molecule has 0 saturated carbocycles. The topological polar surface area (TPSA) is 119 Å². The van der Waals surface area contributed by atoms with Gasteiger partial charge in [0.05, 0.1) is 0 Å². The summed E-state index contributed by atoms with van der Waals surface area (Å²) in [5.74, 6) is 0.922. The summed E-state index contributed by atoms with van der Waals surface area (Å²) in [6.07, 6.45) is 1.55. The monoisotopic (exact) mass is 361 g/mol. The number of aromatic nitrogens is 6. The van der Waals surface area contributed by atoms with E-state index in [-0.39, 0.29) is 11.4 Å². The highest BCUT2D eigenvalue weighted by Crippen LogP contribution is 2.24. The second-order valence-corrected chi connectivity index (χ2v) is 5.79. The lowest BCUT2D eigenvalue weighted by atomic mass is 10.2. The molecule has 9 nitrogen and oxygen atoms in total. The van der Waals surface area contributed by atoms with Crippen LogP contribution in [0.1, 0.15) is 24.1 Å². The van der Waals surface area contributed by atoms with Crippen LogP contribution in [-0.2, 0) is 0 Å². The number of benzene rings is 1. The second kappa shape index (κ2) is 8.05. The van der Waals surface area contributed by atoms with Crippen LogP contribution in [0.25, 0.3) is 5.57 Å². The highest BCUT2D eigenvalue weighted by Gasteiger charge is 2.11. The summed E-state index contributed by atoms with van der Waals surface area (Å²) < 4.78 is 0. The highest BCUT2D eigenvalue weighted by atomic mass is 15.5. The lowest BCUT2D eigenvalue weighted by Crippen LogP contribution is -2.19. The normalized spacial score (nSPS) is 11.1. The van der Waals surface area contributed by atoms with Crippen molar-refractivity contribution in [3.05, 3.63) is 53.7 Å². The van der Waals surface area contributed by atoms with Crippen molar-refractivity contribution in [1.82, 2.24) is 30.6 Å². The zero-order chi connectivity index (χ0) is 19.2. The number of nitrogens with zero attached hydrogens (tertiary/aromatic N) is 7. The Labute approximate surface area is 156 Å². The average Bonchev–Trinajstić information content (AvgIpc) is 3.18. The van der Waals surface area contributed by atoms with Gasteiger partial charge < -0.3 is 10.2 Å². The minimum atomic E-state index is 0.241. The molecule has 27 heavy (non-hydrogen) atoms. The fraction of sp³-hybridized carbons (Fsp3) is 0.222. The van der Waals surface area contributed by atoms with Gasteiger partial charge in [0.2, 0.25) is 11.8 Å². The first kappa shape index (κ1) is 18.0. The molecule has 0 bridgehead atoms. The Hall–Kier alpha value is -3.80. The van der Waals surface area contributed by atoms with Crippen LogP contribution in [0.15, 0.2) is 36.5 Å². The number of aromatic amines is 1. The van der Waals surface area contributed by atoms with Crippen molar-refractivity contribution in [2.75, 3.05) is 16.8 Å². The van der Waals surface area contributed by atoms with E-state index in [9.17, 15) is 5.26 Å². The molecular formula is C18H19N9. The van der Waals surface area contributed by atoms with Gasteiger partial charge in [-0.3, -0.25) is 0 Å².